The molecule has 5 aromatic rings. The van der Waals surface area contributed by atoms with Gasteiger partial charge in [-0.2, -0.15) is 4.73 Å². The number of benzene rings is 2. The Hall–Kier alpha value is -4.14. The normalized spacial score (nSPS) is 18.1. The molecule has 6 rings (SSSR count). The number of ether oxygens (including phenoxy) is 2. The maximum absolute atomic E-state index is 12.7. The zero-order chi connectivity index (χ0) is 25.4. The number of hydrogen-bond donors (Lipinski definition) is 2. The van der Waals surface area contributed by atoms with Crippen LogP contribution in [0.4, 0.5) is 0 Å². The average Bonchev–Trinajstić information content (AvgIpc) is 3.51. The number of para-hydroxylation sites is 1. The number of nitrogens with one attached hydrogen (secondary N) is 2. The van der Waals surface area contributed by atoms with E-state index < -0.39 is 0 Å². The van der Waals surface area contributed by atoms with Gasteiger partial charge in [0.2, 0.25) is 0 Å². The molecule has 8 nitrogen and oxygen atoms in total. The predicted molar refractivity (Wildman–Crippen MR) is 142 cm³/mol. The fraction of sp³-hybridized carbons (Fsp3) is 0.241. The first-order valence-corrected chi connectivity index (χ1v) is 12.4. The molecule has 0 bridgehead atoms. The summed E-state index contributed by atoms with van der Waals surface area (Å²) in [6, 6.07) is 21.5. The van der Waals surface area contributed by atoms with Crippen LogP contribution in [0.15, 0.2) is 83.9 Å². The molecule has 0 amide bonds. The fourth-order valence-corrected chi connectivity index (χ4v) is 5.14. The topological polar surface area (TPSA) is 97.3 Å². The molecular formula is C29H28N4O4. The second-order valence-corrected chi connectivity index (χ2v) is 9.59. The van der Waals surface area contributed by atoms with E-state index in [1.54, 1.807) is 7.11 Å². The molecule has 1 saturated heterocycles. The molecule has 0 radical (unpaired) electrons. The Labute approximate surface area is 213 Å². The highest BCUT2D eigenvalue weighted by Crippen LogP contribution is 2.28. The van der Waals surface area contributed by atoms with E-state index in [1.807, 2.05) is 66.7 Å². The summed E-state index contributed by atoms with van der Waals surface area (Å²) in [7, 11) is 1.74. The number of methoxy groups -OCH3 is 1. The van der Waals surface area contributed by atoms with Crippen LogP contribution in [0.5, 0.6) is 5.75 Å². The van der Waals surface area contributed by atoms with Gasteiger partial charge in [0.15, 0.2) is 12.4 Å². The van der Waals surface area contributed by atoms with Gasteiger partial charge in [-0.25, -0.2) is 0 Å². The summed E-state index contributed by atoms with van der Waals surface area (Å²) in [5.74, 6) is 0.776. The van der Waals surface area contributed by atoms with Gasteiger partial charge in [-0.1, -0.05) is 18.2 Å². The Kier molecular flexibility index (Phi) is 6.12. The first kappa shape index (κ1) is 23.3. The third kappa shape index (κ3) is 4.81. The van der Waals surface area contributed by atoms with E-state index in [4.69, 9.17) is 9.47 Å². The smallest absolute Gasteiger partial charge is 0.257 e. The van der Waals surface area contributed by atoms with Gasteiger partial charge in [-0.05, 0) is 53.8 Å². The third-order valence-electron chi connectivity index (χ3n) is 7.16. The molecule has 4 heterocycles. The number of hydrogen-bond acceptors (Lipinski definition) is 5. The van der Waals surface area contributed by atoms with Crippen molar-refractivity contribution in [3.8, 4) is 17.0 Å². The first-order valence-electron chi connectivity index (χ1n) is 12.4. The van der Waals surface area contributed by atoms with Gasteiger partial charge in [-0.15, -0.1) is 0 Å². The van der Waals surface area contributed by atoms with Crippen LogP contribution in [-0.2, 0) is 11.3 Å². The Bertz CT molecular complexity index is 1610. The summed E-state index contributed by atoms with van der Waals surface area (Å²) in [5, 5.41) is 13.3. The van der Waals surface area contributed by atoms with E-state index in [1.165, 1.54) is 12.4 Å². The predicted octanol–water partition coefficient (Wildman–Crippen LogP) is 3.98. The van der Waals surface area contributed by atoms with Gasteiger partial charge in [0.1, 0.15) is 12.4 Å². The zero-order valence-electron chi connectivity index (χ0n) is 20.5. The monoisotopic (exact) mass is 496 g/mol. The van der Waals surface area contributed by atoms with Gasteiger partial charge in [0, 0.05) is 54.8 Å². The largest absolute Gasteiger partial charge is 0.619 e. The van der Waals surface area contributed by atoms with Crippen molar-refractivity contribution in [1.82, 2.24) is 14.9 Å². The average molecular weight is 497 g/mol. The van der Waals surface area contributed by atoms with Crippen LogP contribution in [0.2, 0.25) is 0 Å². The van der Waals surface area contributed by atoms with Crippen LogP contribution in [0.1, 0.15) is 12.0 Å². The summed E-state index contributed by atoms with van der Waals surface area (Å²) >= 11 is 0. The van der Waals surface area contributed by atoms with Gasteiger partial charge in [0.05, 0.1) is 17.4 Å². The minimum Gasteiger partial charge on any atom is -0.619 e. The number of nitrogens with zero attached hydrogens (tertiary/aromatic N) is 2. The van der Waals surface area contributed by atoms with Crippen molar-refractivity contribution in [3.05, 3.63) is 100 Å². The standard InChI is InChI=1S/C29H28N4O4/c1-36-24-15-22(32(17-24)16-19-8-10-33(35)11-9-19)18-37-23-6-7-27-21(12-23)14-28(30-27)25-13-20-4-2-3-5-26(20)31-29(25)34/h2-14,22,24,30H,15-18H2,1H3,(H,31,34)/t22-,24+/m0/s1. The van der Waals surface area contributed by atoms with Crippen molar-refractivity contribution >= 4 is 21.8 Å². The fourth-order valence-electron chi connectivity index (χ4n) is 5.14. The maximum atomic E-state index is 12.7. The second-order valence-electron chi connectivity index (χ2n) is 9.59. The molecule has 2 atom stereocenters. The quantitative estimate of drug-likeness (QED) is 0.262. The van der Waals surface area contributed by atoms with Crippen molar-refractivity contribution in [2.75, 3.05) is 20.3 Å². The molecule has 1 fully saturated rings. The Morgan fingerprint density at radius 3 is 2.65 bits per heavy atom. The number of H-pyrrole nitrogens is 2. The number of fused-ring (bicyclic) bond motifs is 2. The third-order valence-corrected chi connectivity index (χ3v) is 7.16. The molecule has 0 unspecified atom stereocenters. The highest BCUT2D eigenvalue weighted by atomic mass is 16.5. The van der Waals surface area contributed by atoms with Crippen LogP contribution < -0.4 is 15.0 Å². The Morgan fingerprint density at radius 1 is 1.00 bits per heavy atom. The minimum absolute atomic E-state index is 0.126. The molecular weight excluding hydrogens is 468 g/mol. The SMILES string of the molecule is CO[C@@H]1C[C@@H](COc2ccc3[nH]c(-c4cc5ccccc5[nH]c4=O)cc3c2)N(Cc2cc[n+]([O-])cc2)C1. The summed E-state index contributed by atoms with van der Waals surface area (Å²) in [5.41, 5.74) is 4.09. The van der Waals surface area contributed by atoms with Crippen LogP contribution in [0.25, 0.3) is 33.1 Å². The highest BCUT2D eigenvalue weighted by Gasteiger charge is 2.32. The number of aromatic nitrogens is 3. The summed E-state index contributed by atoms with van der Waals surface area (Å²) < 4.78 is 12.7. The van der Waals surface area contributed by atoms with Crippen molar-refractivity contribution in [2.24, 2.45) is 0 Å². The highest BCUT2D eigenvalue weighted by molar-refractivity contribution is 5.89. The van der Waals surface area contributed by atoms with Crippen molar-refractivity contribution in [1.29, 1.82) is 0 Å². The van der Waals surface area contributed by atoms with Crippen LogP contribution in [-0.4, -0.2) is 47.3 Å². The van der Waals surface area contributed by atoms with Crippen LogP contribution in [0.3, 0.4) is 0 Å². The molecule has 0 spiro atoms. The molecule has 0 aliphatic carbocycles. The van der Waals surface area contributed by atoms with Gasteiger partial charge in [0.25, 0.3) is 5.56 Å². The second kappa shape index (κ2) is 9.72. The lowest BCUT2D eigenvalue weighted by Gasteiger charge is -2.24. The van der Waals surface area contributed by atoms with Crippen LogP contribution >= 0.6 is 0 Å². The Morgan fingerprint density at radius 2 is 1.81 bits per heavy atom. The van der Waals surface area contributed by atoms with E-state index >= 15 is 0 Å². The van der Waals surface area contributed by atoms with Crippen molar-refractivity contribution in [2.45, 2.75) is 25.1 Å². The molecule has 2 aromatic carbocycles. The molecule has 0 saturated carbocycles. The summed E-state index contributed by atoms with van der Waals surface area (Å²) in [4.78, 5) is 21.4. The lowest BCUT2D eigenvalue weighted by atomic mass is 10.1. The summed E-state index contributed by atoms with van der Waals surface area (Å²) in [6.45, 7) is 2.08. The molecule has 2 N–H and O–H groups in total. The molecule has 188 valence electrons. The lowest BCUT2D eigenvalue weighted by Crippen LogP contribution is -2.34. The molecule has 37 heavy (non-hydrogen) atoms. The summed E-state index contributed by atoms with van der Waals surface area (Å²) in [6.07, 6.45) is 4.08. The maximum Gasteiger partial charge on any atom is 0.257 e. The van der Waals surface area contributed by atoms with E-state index in [2.05, 4.69) is 14.9 Å². The van der Waals surface area contributed by atoms with E-state index in [0.717, 1.165) is 63.1 Å². The molecule has 3 aromatic heterocycles. The number of aromatic amines is 2. The first-order chi connectivity index (χ1) is 18.1. The Balaban J connectivity index is 1.19. The van der Waals surface area contributed by atoms with Gasteiger partial charge in [-0.3, -0.25) is 9.69 Å². The van der Waals surface area contributed by atoms with E-state index in [-0.39, 0.29) is 17.7 Å². The number of likely N-dealkylation sites (tertiary alicyclic amines) is 1. The zero-order valence-corrected chi connectivity index (χ0v) is 20.5. The lowest BCUT2D eigenvalue weighted by molar-refractivity contribution is -0.605. The van der Waals surface area contributed by atoms with E-state index in [9.17, 15) is 10.0 Å². The van der Waals surface area contributed by atoms with Crippen molar-refractivity contribution < 1.29 is 14.2 Å². The van der Waals surface area contributed by atoms with Crippen LogP contribution in [0, 0.1) is 5.21 Å². The molecule has 1 aliphatic rings. The molecule has 8 heteroatoms. The van der Waals surface area contributed by atoms with Gasteiger partial charge >= 0.3 is 0 Å². The number of rotatable bonds is 7. The van der Waals surface area contributed by atoms with Crippen molar-refractivity contribution in [3.63, 3.8) is 0 Å². The van der Waals surface area contributed by atoms with E-state index in [0.29, 0.717) is 12.2 Å². The minimum atomic E-state index is -0.126. The number of pyridine rings is 2. The molecule has 1 aliphatic heterocycles. The van der Waals surface area contributed by atoms with Gasteiger partial charge < -0.3 is 24.6 Å².